The van der Waals surface area contributed by atoms with Gasteiger partial charge in [0.1, 0.15) is 17.3 Å². The van der Waals surface area contributed by atoms with Crippen LogP contribution in [0.4, 0.5) is 14.5 Å². The van der Waals surface area contributed by atoms with E-state index in [0.29, 0.717) is 35.6 Å². The van der Waals surface area contributed by atoms with Crippen LogP contribution >= 0.6 is 0 Å². The molecule has 4 aromatic rings. The van der Waals surface area contributed by atoms with Gasteiger partial charge in [-0.15, -0.1) is 0 Å². The second-order valence-corrected chi connectivity index (χ2v) is 9.70. The number of likely N-dealkylation sites (tertiary alicyclic amines) is 1. The molecular weight excluding hydrogens is 500 g/mol. The number of pyridine rings is 1. The molecule has 0 atom stereocenters. The van der Waals surface area contributed by atoms with Crippen LogP contribution in [0.2, 0.25) is 0 Å². The molecule has 198 valence electrons. The van der Waals surface area contributed by atoms with Gasteiger partial charge in [-0.2, -0.15) is 0 Å². The van der Waals surface area contributed by atoms with Gasteiger partial charge in [0, 0.05) is 44.2 Å². The average molecular weight is 528 g/mol. The van der Waals surface area contributed by atoms with E-state index in [1.54, 1.807) is 53.0 Å². The third kappa shape index (κ3) is 5.80. The minimum Gasteiger partial charge on any atom is -0.346 e. The van der Waals surface area contributed by atoms with Gasteiger partial charge in [-0.3, -0.25) is 14.4 Å². The summed E-state index contributed by atoms with van der Waals surface area (Å²) in [5, 5.41) is 2.74. The normalized spacial score (nSPS) is 13.8. The zero-order chi connectivity index (χ0) is 27.5. The van der Waals surface area contributed by atoms with Crippen LogP contribution in [0.25, 0.3) is 11.1 Å². The fourth-order valence-electron chi connectivity index (χ4n) is 4.90. The lowest BCUT2D eigenvalue weighted by Gasteiger charge is -2.32. The molecule has 1 aliphatic heterocycles. The molecule has 0 bridgehead atoms. The second kappa shape index (κ2) is 11.0. The van der Waals surface area contributed by atoms with E-state index >= 15 is 0 Å². The summed E-state index contributed by atoms with van der Waals surface area (Å²) in [5.74, 6) is -1.49. The summed E-state index contributed by atoms with van der Waals surface area (Å²) in [6.07, 6.45) is 3.16. The Hall–Kier alpha value is -4.59. The van der Waals surface area contributed by atoms with Crippen molar-refractivity contribution in [1.29, 1.82) is 0 Å². The molecule has 2 amide bonds. The van der Waals surface area contributed by atoms with Crippen molar-refractivity contribution in [3.63, 3.8) is 0 Å². The zero-order valence-corrected chi connectivity index (χ0v) is 21.4. The van der Waals surface area contributed by atoms with Gasteiger partial charge >= 0.3 is 0 Å². The number of piperidine rings is 1. The van der Waals surface area contributed by atoms with Crippen molar-refractivity contribution in [2.24, 2.45) is 7.05 Å². The number of carbonyl (C=O) groups is 2. The molecular formula is C31H27F2N3O3. The number of rotatable bonds is 5. The first-order valence-corrected chi connectivity index (χ1v) is 12.7. The molecule has 1 aliphatic rings. The number of nitrogens with zero attached hydrogens (tertiary/aromatic N) is 2. The second-order valence-electron chi connectivity index (χ2n) is 9.70. The number of hydrogen-bond acceptors (Lipinski definition) is 3. The number of aryl methyl sites for hydroxylation is 1. The van der Waals surface area contributed by atoms with Gasteiger partial charge in [-0.1, -0.05) is 30.3 Å². The molecule has 0 unspecified atom stereocenters. The van der Waals surface area contributed by atoms with Crippen LogP contribution in [0.15, 0.2) is 89.9 Å². The van der Waals surface area contributed by atoms with Gasteiger partial charge in [0.25, 0.3) is 11.8 Å². The highest BCUT2D eigenvalue weighted by atomic mass is 19.1. The van der Waals surface area contributed by atoms with E-state index in [1.165, 1.54) is 36.4 Å². The summed E-state index contributed by atoms with van der Waals surface area (Å²) in [6, 6.07) is 20.3. The molecule has 0 saturated carbocycles. The molecule has 1 N–H and O–H groups in total. The van der Waals surface area contributed by atoms with E-state index < -0.39 is 11.7 Å². The molecule has 5 rings (SSSR count). The molecule has 0 radical (unpaired) electrons. The highest BCUT2D eigenvalue weighted by Gasteiger charge is 2.26. The van der Waals surface area contributed by atoms with Crippen LogP contribution in [0, 0.1) is 11.6 Å². The van der Waals surface area contributed by atoms with Crippen LogP contribution in [-0.4, -0.2) is 34.4 Å². The van der Waals surface area contributed by atoms with Crippen molar-refractivity contribution in [2.45, 2.75) is 18.8 Å². The lowest BCUT2D eigenvalue weighted by atomic mass is 9.89. The van der Waals surface area contributed by atoms with E-state index in [4.69, 9.17) is 0 Å². The Bertz CT molecular complexity index is 1570. The van der Waals surface area contributed by atoms with Gasteiger partial charge in [0.05, 0.1) is 5.56 Å². The Morgan fingerprint density at radius 2 is 1.51 bits per heavy atom. The van der Waals surface area contributed by atoms with Crippen LogP contribution in [-0.2, 0) is 7.05 Å². The maximum absolute atomic E-state index is 14.7. The molecule has 2 heterocycles. The van der Waals surface area contributed by atoms with E-state index in [1.807, 2.05) is 12.1 Å². The summed E-state index contributed by atoms with van der Waals surface area (Å²) in [7, 11) is 1.75. The molecule has 0 aliphatic carbocycles. The Labute approximate surface area is 224 Å². The lowest BCUT2D eigenvalue weighted by molar-refractivity contribution is 0.0702. The number of halogens is 2. The number of carbonyl (C=O) groups excluding carboxylic acids is 2. The summed E-state index contributed by atoms with van der Waals surface area (Å²) >= 11 is 0. The number of hydrogen-bond donors (Lipinski definition) is 1. The molecule has 0 spiro atoms. The molecule has 1 aromatic heterocycles. The molecule has 1 saturated heterocycles. The first-order chi connectivity index (χ1) is 18.8. The summed E-state index contributed by atoms with van der Waals surface area (Å²) in [6.45, 7) is 1.16. The highest BCUT2D eigenvalue weighted by Crippen LogP contribution is 2.30. The summed E-state index contributed by atoms with van der Waals surface area (Å²) in [5.41, 5.74) is 2.95. The van der Waals surface area contributed by atoms with Gasteiger partial charge in [0.15, 0.2) is 5.43 Å². The largest absolute Gasteiger partial charge is 0.346 e. The number of benzene rings is 3. The first-order valence-electron chi connectivity index (χ1n) is 12.7. The lowest BCUT2D eigenvalue weighted by Crippen LogP contribution is -2.39. The van der Waals surface area contributed by atoms with E-state index in [9.17, 15) is 23.2 Å². The summed E-state index contributed by atoms with van der Waals surface area (Å²) < 4.78 is 29.6. The minimum atomic E-state index is -0.664. The number of aromatic nitrogens is 1. The Morgan fingerprint density at radius 3 is 2.18 bits per heavy atom. The van der Waals surface area contributed by atoms with Crippen molar-refractivity contribution in [2.75, 3.05) is 18.4 Å². The van der Waals surface area contributed by atoms with Crippen molar-refractivity contribution >= 4 is 17.5 Å². The molecule has 6 nitrogen and oxygen atoms in total. The van der Waals surface area contributed by atoms with Crippen molar-refractivity contribution in [3.8, 4) is 11.1 Å². The van der Waals surface area contributed by atoms with Gasteiger partial charge in [-0.05, 0) is 71.8 Å². The highest BCUT2D eigenvalue weighted by molar-refractivity contribution is 6.04. The van der Waals surface area contributed by atoms with Gasteiger partial charge < -0.3 is 14.8 Å². The zero-order valence-electron chi connectivity index (χ0n) is 21.4. The molecule has 3 aromatic carbocycles. The van der Waals surface area contributed by atoms with Crippen molar-refractivity contribution in [1.82, 2.24) is 9.47 Å². The number of nitrogens with one attached hydrogen (secondary N) is 1. The van der Waals surface area contributed by atoms with Crippen molar-refractivity contribution in [3.05, 3.63) is 124 Å². The van der Waals surface area contributed by atoms with Crippen LogP contribution in [0.5, 0.6) is 0 Å². The average Bonchev–Trinajstić information content (AvgIpc) is 2.95. The fourth-order valence-corrected chi connectivity index (χ4v) is 4.90. The number of amides is 2. The van der Waals surface area contributed by atoms with Gasteiger partial charge in [0.2, 0.25) is 0 Å². The quantitative estimate of drug-likeness (QED) is 0.367. The summed E-state index contributed by atoms with van der Waals surface area (Å²) in [4.78, 5) is 39.1. The predicted molar refractivity (Wildman–Crippen MR) is 146 cm³/mol. The standard InChI is InChI=1S/C31H27F2N3O3/c1-35-15-14-26(37)19-29(35)31(39)36-16-12-22(13-17-36)20-4-9-25(10-5-20)34-30(38)27-11-6-23(18-28(27)33)21-2-7-24(32)8-3-21/h2-11,14-15,18-19,22H,12-13,16-17H2,1H3,(H,34,38). The van der Waals surface area contributed by atoms with Crippen molar-refractivity contribution < 1.29 is 18.4 Å². The maximum Gasteiger partial charge on any atom is 0.270 e. The Balaban J connectivity index is 1.19. The first kappa shape index (κ1) is 26.0. The third-order valence-corrected chi connectivity index (χ3v) is 7.15. The van der Waals surface area contributed by atoms with Crippen LogP contribution in [0.1, 0.15) is 45.2 Å². The topological polar surface area (TPSA) is 71.4 Å². The minimum absolute atomic E-state index is 0.0853. The van der Waals surface area contributed by atoms with E-state index in [0.717, 1.165) is 18.4 Å². The molecule has 1 fully saturated rings. The fraction of sp³-hybridized carbons (Fsp3) is 0.194. The SMILES string of the molecule is Cn1ccc(=O)cc1C(=O)N1CCC(c2ccc(NC(=O)c3ccc(-c4ccc(F)cc4)cc3F)cc2)CC1. The molecule has 8 heteroatoms. The van der Waals surface area contributed by atoms with Crippen LogP contribution < -0.4 is 10.7 Å². The smallest absolute Gasteiger partial charge is 0.270 e. The Kier molecular flexibility index (Phi) is 7.36. The van der Waals surface area contributed by atoms with Crippen LogP contribution in [0.3, 0.4) is 0 Å². The maximum atomic E-state index is 14.7. The third-order valence-electron chi connectivity index (χ3n) is 7.15. The number of anilines is 1. The van der Waals surface area contributed by atoms with E-state index in [2.05, 4.69) is 5.32 Å². The van der Waals surface area contributed by atoms with Gasteiger partial charge in [-0.25, -0.2) is 8.78 Å². The monoisotopic (exact) mass is 527 g/mol. The Morgan fingerprint density at radius 1 is 0.846 bits per heavy atom. The van der Waals surface area contributed by atoms with E-state index in [-0.39, 0.29) is 28.6 Å². The predicted octanol–water partition coefficient (Wildman–Crippen LogP) is 5.60. The molecule has 39 heavy (non-hydrogen) atoms.